The van der Waals surface area contributed by atoms with Gasteiger partial charge in [0.2, 0.25) is 0 Å². The maximum atomic E-state index is 6.12. The van der Waals surface area contributed by atoms with Crippen molar-refractivity contribution in [3.8, 4) is 5.75 Å². The number of nitrogens with zero attached hydrogens (tertiary/aromatic N) is 1. The molecule has 0 saturated heterocycles. The van der Waals surface area contributed by atoms with Crippen LogP contribution < -0.4 is 4.74 Å². The molecule has 0 aromatic heterocycles. The summed E-state index contributed by atoms with van der Waals surface area (Å²) in [5.41, 5.74) is 4.07. The molecule has 1 aliphatic carbocycles. The molecule has 1 atom stereocenters. The first kappa shape index (κ1) is 14.4. The van der Waals surface area contributed by atoms with Crippen molar-refractivity contribution in [1.82, 2.24) is 4.90 Å². The number of rotatable bonds is 4. The fourth-order valence-corrected chi connectivity index (χ4v) is 3.44. The molecule has 21 heavy (non-hydrogen) atoms. The van der Waals surface area contributed by atoms with E-state index in [1.807, 2.05) is 18.2 Å². The van der Waals surface area contributed by atoms with Crippen LogP contribution in [0.1, 0.15) is 29.2 Å². The molecule has 3 rings (SSSR count). The minimum Gasteiger partial charge on any atom is -0.496 e. The zero-order valence-electron chi connectivity index (χ0n) is 12.5. The number of benzene rings is 2. The van der Waals surface area contributed by atoms with Crippen molar-refractivity contribution in [2.24, 2.45) is 0 Å². The van der Waals surface area contributed by atoms with Gasteiger partial charge < -0.3 is 4.74 Å². The van der Waals surface area contributed by atoms with Crippen LogP contribution in [0.5, 0.6) is 5.75 Å². The highest BCUT2D eigenvalue weighted by atomic mass is 35.5. The lowest BCUT2D eigenvalue weighted by Gasteiger charge is -2.26. The van der Waals surface area contributed by atoms with E-state index in [0.29, 0.717) is 6.04 Å². The Morgan fingerprint density at radius 2 is 2.05 bits per heavy atom. The van der Waals surface area contributed by atoms with Crippen LogP contribution in [0.2, 0.25) is 5.02 Å². The maximum absolute atomic E-state index is 6.12. The fraction of sp³-hybridized carbons (Fsp3) is 0.333. The van der Waals surface area contributed by atoms with Gasteiger partial charge in [-0.1, -0.05) is 35.9 Å². The number of methoxy groups -OCH3 is 1. The van der Waals surface area contributed by atoms with Crippen molar-refractivity contribution in [2.75, 3.05) is 14.2 Å². The average Bonchev–Trinajstić information content (AvgIpc) is 2.91. The predicted molar refractivity (Wildman–Crippen MR) is 87.0 cm³/mol. The monoisotopic (exact) mass is 301 g/mol. The molecule has 0 spiro atoms. The van der Waals surface area contributed by atoms with E-state index in [4.69, 9.17) is 16.3 Å². The van der Waals surface area contributed by atoms with Gasteiger partial charge in [0, 0.05) is 23.2 Å². The van der Waals surface area contributed by atoms with Gasteiger partial charge in [-0.3, -0.25) is 4.90 Å². The Hall–Kier alpha value is -1.51. The molecule has 1 aliphatic rings. The van der Waals surface area contributed by atoms with Crippen LogP contribution in [0.4, 0.5) is 0 Å². The second-order valence-corrected chi connectivity index (χ2v) is 6.06. The van der Waals surface area contributed by atoms with E-state index in [1.165, 1.54) is 17.5 Å². The maximum Gasteiger partial charge on any atom is 0.123 e. The predicted octanol–water partition coefficient (Wildman–Crippen LogP) is 4.47. The van der Waals surface area contributed by atoms with Crippen LogP contribution in [0.25, 0.3) is 0 Å². The Morgan fingerprint density at radius 3 is 2.86 bits per heavy atom. The van der Waals surface area contributed by atoms with E-state index in [2.05, 4.69) is 36.2 Å². The summed E-state index contributed by atoms with van der Waals surface area (Å²) in [5, 5.41) is 0.756. The highest BCUT2D eigenvalue weighted by molar-refractivity contribution is 6.30. The number of halogens is 1. The molecule has 3 heteroatoms. The van der Waals surface area contributed by atoms with Gasteiger partial charge in [0.05, 0.1) is 7.11 Å². The lowest BCUT2D eigenvalue weighted by Crippen LogP contribution is -2.22. The van der Waals surface area contributed by atoms with E-state index >= 15 is 0 Å². The summed E-state index contributed by atoms with van der Waals surface area (Å²) < 4.78 is 5.45. The van der Waals surface area contributed by atoms with Crippen molar-refractivity contribution in [3.63, 3.8) is 0 Å². The third kappa shape index (κ3) is 2.92. The number of hydrogen-bond donors (Lipinski definition) is 0. The molecule has 2 aromatic rings. The average molecular weight is 302 g/mol. The van der Waals surface area contributed by atoms with Gasteiger partial charge in [-0.25, -0.2) is 0 Å². The van der Waals surface area contributed by atoms with E-state index in [-0.39, 0.29) is 0 Å². The molecule has 0 N–H and O–H groups in total. The van der Waals surface area contributed by atoms with Crippen molar-refractivity contribution in [3.05, 3.63) is 64.2 Å². The number of hydrogen-bond acceptors (Lipinski definition) is 2. The molecule has 0 amide bonds. The molecule has 0 heterocycles. The Balaban J connectivity index is 1.82. The van der Waals surface area contributed by atoms with Crippen molar-refractivity contribution < 1.29 is 4.74 Å². The highest BCUT2D eigenvalue weighted by Crippen LogP contribution is 2.36. The zero-order chi connectivity index (χ0) is 14.8. The first-order chi connectivity index (χ1) is 10.2. The smallest absolute Gasteiger partial charge is 0.123 e. The fourth-order valence-electron chi connectivity index (χ4n) is 3.24. The Morgan fingerprint density at radius 1 is 1.24 bits per heavy atom. The topological polar surface area (TPSA) is 12.5 Å². The summed E-state index contributed by atoms with van der Waals surface area (Å²) in [4.78, 5) is 2.39. The lowest BCUT2D eigenvalue weighted by atomic mass is 10.1. The van der Waals surface area contributed by atoms with E-state index < -0.39 is 0 Å². The number of fused-ring (bicyclic) bond motifs is 1. The molecule has 0 aliphatic heterocycles. The highest BCUT2D eigenvalue weighted by Gasteiger charge is 2.25. The van der Waals surface area contributed by atoms with Crippen LogP contribution in [0.3, 0.4) is 0 Å². The third-order valence-corrected chi connectivity index (χ3v) is 4.53. The van der Waals surface area contributed by atoms with Gasteiger partial charge in [0.15, 0.2) is 0 Å². The molecule has 0 bridgehead atoms. The van der Waals surface area contributed by atoms with Gasteiger partial charge in [-0.05, 0) is 49.2 Å². The zero-order valence-corrected chi connectivity index (χ0v) is 13.2. The summed E-state index contributed by atoms with van der Waals surface area (Å²) in [5.74, 6) is 0.900. The van der Waals surface area contributed by atoms with Crippen LogP contribution in [-0.4, -0.2) is 19.1 Å². The third-order valence-electron chi connectivity index (χ3n) is 4.30. The Bertz CT molecular complexity index is 641. The van der Waals surface area contributed by atoms with Crippen molar-refractivity contribution in [1.29, 1.82) is 0 Å². The molecular weight excluding hydrogens is 282 g/mol. The summed E-state index contributed by atoms with van der Waals surface area (Å²) in [6.07, 6.45) is 2.34. The SMILES string of the molecule is COc1ccc(Cl)cc1CN(C)C1CCc2ccccc21. The molecule has 0 fully saturated rings. The van der Waals surface area contributed by atoms with Gasteiger partial charge in [0.25, 0.3) is 0 Å². The summed E-state index contributed by atoms with van der Waals surface area (Å²) in [7, 11) is 3.88. The van der Waals surface area contributed by atoms with Gasteiger partial charge in [-0.2, -0.15) is 0 Å². The molecule has 1 unspecified atom stereocenters. The number of aryl methyl sites for hydroxylation is 1. The lowest BCUT2D eigenvalue weighted by molar-refractivity contribution is 0.232. The van der Waals surface area contributed by atoms with Crippen LogP contribution in [-0.2, 0) is 13.0 Å². The van der Waals surface area contributed by atoms with E-state index in [1.54, 1.807) is 7.11 Å². The Kier molecular flexibility index (Phi) is 4.18. The van der Waals surface area contributed by atoms with Gasteiger partial charge >= 0.3 is 0 Å². The van der Waals surface area contributed by atoms with Crippen molar-refractivity contribution in [2.45, 2.75) is 25.4 Å². The summed E-state index contributed by atoms with van der Waals surface area (Å²) >= 11 is 6.12. The first-order valence-corrected chi connectivity index (χ1v) is 7.67. The summed E-state index contributed by atoms with van der Waals surface area (Å²) in [6.45, 7) is 0.836. The number of ether oxygens (including phenoxy) is 1. The minimum atomic E-state index is 0.477. The molecule has 0 saturated carbocycles. The standard InChI is InChI=1S/C18H20ClNO/c1-20(12-14-11-15(19)8-10-18(14)21-2)17-9-7-13-5-3-4-6-16(13)17/h3-6,8,10-11,17H,7,9,12H2,1-2H3. The van der Waals surface area contributed by atoms with Crippen LogP contribution >= 0.6 is 11.6 Å². The second-order valence-electron chi connectivity index (χ2n) is 5.62. The van der Waals surface area contributed by atoms with E-state index in [9.17, 15) is 0 Å². The summed E-state index contributed by atoms with van der Waals surface area (Å²) in [6, 6.07) is 15.0. The molecule has 0 radical (unpaired) electrons. The largest absolute Gasteiger partial charge is 0.496 e. The minimum absolute atomic E-state index is 0.477. The first-order valence-electron chi connectivity index (χ1n) is 7.29. The molecule has 2 nitrogen and oxygen atoms in total. The second kappa shape index (κ2) is 6.08. The van der Waals surface area contributed by atoms with Gasteiger partial charge in [0.1, 0.15) is 5.75 Å². The van der Waals surface area contributed by atoms with Gasteiger partial charge in [-0.15, -0.1) is 0 Å². The van der Waals surface area contributed by atoms with Crippen molar-refractivity contribution >= 4 is 11.6 Å². The van der Waals surface area contributed by atoms with E-state index in [0.717, 1.165) is 29.3 Å². The molecule has 110 valence electrons. The van der Waals surface area contributed by atoms with Crippen LogP contribution in [0, 0.1) is 0 Å². The van der Waals surface area contributed by atoms with Crippen LogP contribution in [0.15, 0.2) is 42.5 Å². The quantitative estimate of drug-likeness (QED) is 0.826. The normalized spacial score (nSPS) is 17.0. The molecule has 2 aromatic carbocycles. The molecular formula is C18H20ClNO. The Labute approximate surface area is 131 Å².